The second kappa shape index (κ2) is 5.70. The van der Waals surface area contributed by atoms with E-state index in [9.17, 15) is 21.6 Å². The molecule has 0 bridgehead atoms. The first-order valence-corrected chi connectivity index (χ1v) is 7.53. The highest BCUT2D eigenvalue weighted by Gasteiger charge is 2.41. The highest BCUT2D eigenvalue weighted by atomic mass is 32.2. The van der Waals surface area contributed by atoms with Gasteiger partial charge in [0.15, 0.2) is 0 Å². The number of halogens is 3. The molecule has 10 heteroatoms. The van der Waals surface area contributed by atoms with Crippen molar-refractivity contribution in [1.29, 1.82) is 0 Å². The van der Waals surface area contributed by atoms with Gasteiger partial charge in [0.25, 0.3) is 0 Å². The molecule has 2 heterocycles. The highest BCUT2D eigenvalue weighted by molar-refractivity contribution is 7.89. The van der Waals surface area contributed by atoms with Crippen LogP contribution in [0.4, 0.5) is 13.2 Å². The Bertz CT molecular complexity index is 523. The molecule has 1 aromatic heterocycles. The van der Waals surface area contributed by atoms with Crippen molar-refractivity contribution in [3.05, 3.63) is 12.4 Å². The van der Waals surface area contributed by atoms with Gasteiger partial charge in [0.2, 0.25) is 10.0 Å². The topological polar surface area (TPSA) is 78.1 Å². The van der Waals surface area contributed by atoms with Crippen molar-refractivity contribution in [2.45, 2.75) is 30.0 Å². The van der Waals surface area contributed by atoms with Crippen LogP contribution in [0.3, 0.4) is 0 Å². The number of aromatic amines is 1. The largest absolute Gasteiger partial charge is 0.402 e. The van der Waals surface area contributed by atoms with Gasteiger partial charge >= 0.3 is 6.18 Å². The van der Waals surface area contributed by atoms with E-state index in [0.717, 1.165) is 12.4 Å². The predicted molar refractivity (Wildman–Crippen MR) is 64.4 cm³/mol. The van der Waals surface area contributed by atoms with Crippen molar-refractivity contribution in [1.82, 2.24) is 19.8 Å². The fourth-order valence-electron chi connectivity index (χ4n) is 2.20. The minimum absolute atomic E-state index is 0.250. The SMILES string of the molecule is O=S(=O)(c1cn[nH]c1)N(CC(F)(F)F)C1CCNCC1. The third-order valence-corrected chi connectivity index (χ3v) is 4.99. The number of H-pyrrole nitrogens is 1. The first-order valence-electron chi connectivity index (χ1n) is 6.09. The molecule has 1 fully saturated rings. The van der Waals surface area contributed by atoms with E-state index in [-0.39, 0.29) is 4.90 Å². The molecule has 0 amide bonds. The Morgan fingerprint density at radius 2 is 2.00 bits per heavy atom. The molecule has 114 valence electrons. The number of nitrogens with zero attached hydrogens (tertiary/aromatic N) is 2. The molecule has 1 aromatic rings. The third-order valence-electron chi connectivity index (χ3n) is 3.13. The normalized spacial score (nSPS) is 18.6. The Labute approximate surface area is 114 Å². The molecule has 1 aliphatic rings. The summed E-state index contributed by atoms with van der Waals surface area (Å²) < 4.78 is 63.2. The van der Waals surface area contributed by atoms with Gasteiger partial charge in [-0.1, -0.05) is 0 Å². The lowest BCUT2D eigenvalue weighted by Crippen LogP contribution is -2.49. The first-order chi connectivity index (χ1) is 9.31. The first kappa shape index (κ1) is 15.3. The maximum Gasteiger partial charge on any atom is 0.402 e. The summed E-state index contributed by atoms with van der Waals surface area (Å²) in [6.45, 7) is -0.481. The molecule has 6 nitrogen and oxygen atoms in total. The van der Waals surface area contributed by atoms with E-state index in [1.807, 2.05) is 0 Å². The van der Waals surface area contributed by atoms with Crippen LogP contribution in [-0.4, -0.2) is 54.8 Å². The summed E-state index contributed by atoms with van der Waals surface area (Å²) in [5.74, 6) is 0. The molecule has 2 N–H and O–H groups in total. The Balaban J connectivity index is 2.30. The smallest absolute Gasteiger partial charge is 0.317 e. The number of hydrogen-bond acceptors (Lipinski definition) is 4. The van der Waals surface area contributed by atoms with E-state index in [1.54, 1.807) is 0 Å². The van der Waals surface area contributed by atoms with E-state index in [2.05, 4.69) is 15.5 Å². The lowest BCUT2D eigenvalue weighted by molar-refractivity contribution is -0.140. The van der Waals surface area contributed by atoms with Gasteiger partial charge in [-0.3, -0.25) is 5.10 Å². The maximum absolute atomic E-state index is 12.7. The van der Waals surface area contributed by atoms with Crippen LogP contribution in [0.1, 0.15) is 12.8 Å². The molecule has 0 atom stereocenters. The lowest BCUT2D eigenvalue weighted by Gasteiger charge is -2.33. The Kier molecular flexibility index (Phi) is 4.35. The van der Waals surface area contributed by atoms with Gasteiger partial charge in [-0.05, 0) is 25.9 Å². The molecule has 0 aliphatic carbocycles. The van der Waals surface area contributed by atoms with Crippen molar-refractivity contribution in [3.8, 4) is 0 Å². The monoisotopic (exact) mass is 312 g/mol. The predicted octanol–water partition coefficient (Wildman–Crippen LogP) is 0.715. The summed E-state index contributed by atoms with van der Waals surface area (Å²) in [7, 11) is -4.20. The fraction of sp³-hybridized carbons (Fsp3) is 0.700. The summed E-state index contributed by atoms with van der Waals surface area (Å²) >= 11 is 0. The minimum Gasteiger partial charge on any atom is -0.317 e. The molecular weight excluding hydrogens is 297 g/mol. The summed E-state index contributed by atoms with van der Waals surface area (Å²) in [5.41, 5.74) is 0. The summed E-state index contributed by atoms with van der Waals surface area (Å²) in [6.07, 6.45) is -1.78. The van der Waals surface area contributed by atoms with Gasteiger partial charge in [-0.15, -0.1) is 0 Å². The van der Waals surface area contributed by atoms with Gasteiger partial charge < -0.3 is 5.32 Å². The van der Waals surface area contributed by atoms with Crippen LogP contribution in [0.5, 0.6) is 0 Å². The van der Waals surface area contributed by atoms with Crippen LogP contribution in [0.25, 0.3) is 0 Å². The quantitative estimate of drug-likeness (QED) is 0.858. The van der Waals surface area contributed by atoms with Crippen LogP contribution in [0.2, 0.25) is 0 Å². The average molecular weight is 312 g/mol. The van der Waals surface area contributed by atoms with Crippen molar-refractivity contribution in [3.63, 3.8) is 0 Å². The third kappa shape index (κ3) is 3.49. The van der Waals surface area contributed by atoms with Crippen LogP contribution < -0.4 is 5.32 Å². The van der Waals surface area contributed by atoms with Crippen LogP contribution >= 0.6 is 0 Å². The van der Waals surface area contributed by atoms with Crippen molar-refractivity contribution < 1.29 is 21.6 Å². The van der Waals surface area contributed by atoms with E-state index in [1.165, 1.54) is 0 Å². The van der Waals surface area contributed by atoms with E-state index in [4.69, 9.17) is 0 Å². The van der Waals surface area contributed by atoms with E-state index < -0.39 is 28.8 Å². The molecule has 1 saturated heterocycles. The number of sulfonamides is 1. The number of nitrogens with one attached hydrogen (secondary N) is 2. The average Bonchev–Trinajstić information content (AvgIpc) is 2.90. The van der Waals surface area contributed by atoms with Gasteiger partial charge in [-0.2, -0.15) is 22.6 Å². The van der Waals surface area contributed by atoms with Crippen LogP contribution in [0.15, 0.2) is 17.3 Å². The summed E-state index contributed by atoms with van der Waals surface area (Å²) in [5, 5.41) is 8.79. The second-order valence-electron chi connectivity index (χ2n) is 4.58. The number of piperidine rings is 1. The molecule has 0 saturated carbocycles. The Morgan fingerprint density at radius 3 is 2.50 bits per heavy atom. The Morgan fingerprint density at radius 1 is 1.35 bits per heavy atom. The van der Waals surface area contributed by atoms with Crippen LogP contribution in [0, 0.1) is 0 Å². The number of alkyl halides is 3. The van der Waals surface area contributed by atoms with Gasteiger partial charge in [0, 0.05) is 12.2 Å². The van der Waals surface area contributed by atoms with Gasteiger partial charge in [0.1, 0.15) is 11.4 Å². The standard InChI is InChI=1S/C10H15F3N4O2S/c11-10(12,13)7-17(8-1-3-14-4-2-8)20(18,19)9-5-15-16-6-9/h5-6,8,14H,1-4,7H2,(H,15,16). The van der Waals surface area contributed by atoms with Gasteiger partial charge in [0.05, 0.1) is 6.20 Å². The summed E-state index contributed by atoms with van der Waals surface area (Å²) in [4.78, 5) is -0.250. The summed E-state index contributed by atoms with van der Waals surface area (Å²) in [6, 6.07) is -0.655. The highest BCUT2D eigenvalue weighted by Crippen LogP contribution is 2.27. The number of aromatic nitrogens is 2. The molecule has 20 heavy (non-hydrogen) atoms. The lowest BCUT2D eigenvalue weighted by atomic mass is 10.1. The molecule has 0 unspecified atom stereocenters. The number of rotatable bonds is 4. The Hall–Kier alpha value is -1.13. The molecule has 0 spiro atoms. The zero-order valence-corrected chi connectivity index (χ0v) is 11.3. The fourth-order valence-corrected chi connectivity index (χ4v) is 3.78. The molecule has 0 aromatic carbocycles. The van der Waals surface area contributed by atoms with E-state index >= 15 is 0 Å². The van der Waals surface area contributed by atoms with Crippen molar-refractivity contribution in [2.75, 3.05) is 19.6 Å². The molecule has 1 aliphatic heterocycles. The van der Waals surface area contributed by atoms with Crippen molar-refractivity contribution >= 4 is 10.0 Å². The zero-order valence-electron chi connectivity index (χ0n) is 10.5. The van der Waals surface area contributed by atoms with Gasteiger partial charge in [-0.25, -0.2) is 8.42 Å². The minimum atomic E-state index is -4.58. The second-order valence-corrected chi connectivity index (χ2v) is 6.47. The maximum atomic E-state index is 12.7. The van der Waals surface area contributed by atoms with E-state index in [0.29, 0.717) is 30.2 Å². The van der Waals surface area contributed by atoms with Crippen molar-refractivity contribution in [2.24, 2.45) is 0 Å². The molecule has 2 rings (SSSR count). The van der Waals surface area contributed by atoms with Crippen LogP contribution in [-0.2, 0) is 10.0 Å². The molecular formula is C10H15F3N4O2S. The zero-order chi connectivity index (χ0) is 14.8. The number of hydrogen-bond donors (Lipinski definition) is 2. The molecule has 0 radical (unpaired) electrons.